The van der Waals surface area contributed by atoms with Crippen LogP contribution in [0.25, 0.3) is 5.69 Å². The van der Waals surface area contributed by atoms with E-state index in [1.807, 2.05) is 28.9 Å². The van der Waals surface area contributed by atoms with Gasteiger partial charge in [-0.25, -0.2) is 0 Å². The zero-order chi connectivity index (χ0) is 18.1. The second kappa shape index (κ2) is 7.29. The molecule has 2 heterocycles. The summed E-state index contributed by atoms with van der Waals surface area (Å²) < 4.78 is 2.82. The van der Waals surface area contributed by atoms with Crippen molar-refractivity contribution in [2.75, 3.05) is 6.54 Å². The lowest BCUT2D eigenvalue weighted by Gasteiger charge is -2.25. The molecule has 2 aromatic carbocycles. The molecule has 1 fully saturated rings. The van der Waals surface area contributed by atoms with Crippen LogP contribution in [0.15, 0.2) is 46.9 Å². The summed E-state index contributed by atoms with van der Waals surface area (Å²) in [7, 11) is 0. The Labute approximate surface area is 162 Å². The Kier molecular flexibility index (Phi) is 4.87. The number of rotatable bonds is 4. The monoisotopic (exact) mass is 411 g/mol. The molecule has 1 aliphatic rings. The van der Waals surface area contributed by atoms with Crippen LogP contribution < -0.4 is 0 Å². The van der Waals surface area contributed by atoms with Gasteiger partial charge in [-0.3, -0.25) is 4.90 Å². The first-order valence-electron chi connectivity index (χ1n) is 8.96. The number of likely N-dealkylation sites (tertiary alicyclic amines) is 1. The average molecular weight is 412 g/mol. The second-order valence-corrected chi connectivity index (χ2v) is 7.86. The third-order valence-electron chi connectivity index (χ3n) is 4.95. The molecule has 0 bridgehead atoms. The third kappa shape index (κ3) is 3.44. The standard InChI is InChI=1S/C20H22BrN5/c1-14-10-15(2)12-16(11-14)18-8-5-9-25(18)13-20-22-23-24-26(20)19-7-4-3-6-17(19)21/h3-4,6-7,10-12,18H,5,8-9,13H2,1-2H3. The fourth-order valence-electron chi connectivity index (χ4n) is 3.89. The smallest absolute Gasteiger partial charge is 0.170 e. The van der Waals surface area contributed by atoms with Crippen molar-refractivity contribution in [1.29, 1.82) is 0 Å². The predicted molar refractivity (Wildman–Crippen MR) is 105 cm³/mol. The molecule has 0 N–H and O–H groups in total. The molecule has 0 amide bonds. The number of aryl methyl sites for hydroxylation is 2. The van der Waals surface area contributed by atoms with E-state index in [4.69, 9.17) is 0 Å². The Bertz CT molecular complexity index is 900. The van der Waals surface area contributed by atoms with Gasteiger partial charge in [0.05, 0.1) is 12.2 Å². The average Bonchev–Trinajstić information content (AvgIpc) is 3.24. The van der Waals surface area contributed by atoms with Crippen LogP contribution in [0.1, 0.15) is 41.4 Å². The molecule has 5 nitrogen and oxygen atoms in total. The molecule has 1 saturated heterocycles. The van der Waals surface area contributed by atoms with Crippen molar-refractivity contribution in [3.8, 4) is 5.69 Å². The number of benzene rings is 2. The van der Waals surface area contributed by atoms with Gasteiger partial charge in [0, 0.05) is 10.5 Å². The van der Waals surface area contributed by atoms with Crippen LogP contribution in [0.5, 0.6) is 0 Å². The predicted octanol–water partition coefficient (Wildman–Crippen LogP) is 4.38. The Morgan fingerprint density at radius 3 is 2.65 bits per heavy atom. The van der Waals surface area contributed by atoms with Gasteiger partial charge in [0.15, 0.2) is 5.82 Å². The molecule has 6 heteroatoms. The Morgan fingerprint density at radius 1 is 1.12 bits per heavy atom. The number of hydrogen-bond acceptors (Lipinski definition) is 4. The van der Waals surface area contributed by atoms with Crippen molar-refractivity contribution in [2.24, 2.45) is 0 Å². The molecule has 3 aromatic rings. The van der Waals surface area contributed by atoms with Gasteiger partial charge in [-0.1, -0.05) is 41.5 Å². The summed E-state index contributed by atoms with van der Waals surface area (Å²) >= 11 is 3.60. The maximum Gasteiger partial charge on any atom is 0.170 e. The van der Waals surface area contributed by atoms with E-state index in [-0.39, 0.29) is 0 Å². The summed E-state index contributed by atoms with van der Waals surface area (Å²) in [5.41, 5.74) is 5.02. The van der Waals surface area contributed by atoms with Gasteiger partial charge in [0.1, 0.15) is 0 Å². The van der Waals surface area contributed by atoms with Gasteiger partial charge in [0.25, 0.3) is 0 Å². The molecule has 1 aromatic heterocycles. The second-order valence-electron chi connectivity index (χ2n) is 7.01. The molecular formula is C20H22BrN5. The lowest BCUT2D eigenvalue weighted by molar-refractivity contribution is 0.240. The van der Waals surface area contributed by atoms with E-state index < -0.39 is 0 Å². The lowest BCUT2D eigenvalue weighted by atomic mass is 9.99. The van der Waals surface area contributed by atoms with Crippen LogP contribution in [0.4, 0.5) is 0 Å². The zero-order valence-electron chi connectivity index (χ0n) is 15.1. The lowest BCUT2D eigenvalue weighted by Crippen LogP contribution is -2.25. The Hall–Kier alpha value is -2.05. The maximum atomic E-state index is 4.30. The van der Waals surface area contributed by atoms with E-state index in [0.717, 1.165) is 29.1 Å². The van der Waals surface area contributed by atoms with Gasteiger partial charge < -0.3 is 0 Å². The summed E-state index contributed by atoms with van der Waals surface area (Å²) in [6.45, 7) is 6.15. The van der Waals surface area contributed by atoms with Crippen molar-refractivity contribution < 1.29 is 0 Å². The van der Waals surface area contributed by atoms with Crippen LogP contribution in [0.2, 0.25) is 0 Å². The van der Waals surface area contributed by atoms with Crippen LogP contribution in [0, 0.1) is 13.8 Å². The molecule has 26 heavy (non-hydrogen) atoms. The van der Waals surface area contributed by atoms with E-state index in [2.05, 4.69) is 68.4 Å². The van der Waals surface area contributed by atoms with E-state index >= 15 is 0 Å². The first-order chi connectivity index (χ1) is 12.6. The quantitative estimate of drug-likeness (QED) is 0.638. The number of aromatic nitrogens is 4. The Morgan fingerprint density at radius 2 is 1.88 bits per heavy atom. The minimum Gasteiger partial charge on any atom is -0.289 e. The minimum absolute atomic E-state index is 0.429. The molecule has 134 valence electrons. The van der Waals surface area contributed by atoms with Gasteiger partial charge in [-0.2, -0.15) is 4.68 Å². The minimum atomic E-state index is 0.429. The molecule has 1 aliphatic heterocycles. The highest BCUT2D eigenvalue weighted by atomic mass is 79.9. The van der Waals surface area contributed by atoms with Crippen molar-refractivity contribution >= 4 is 15.9 Å². The number of halogens is 1. The van der Waals surface area contributed by atoms with Crippen LogP contribution in [-0.4, -0.2) is 31.7 Å². The fourth-order valence-corrected chi connectivity index (χ4v) is 4.34. The van der Waals surface area contributed by atoms with Crippen molar-refractivity contribution in [3.05, 3.63) is 69.5 Å². The number of para-hydroxylation sites is 1. The molecule has 1 atom stereocenters. The number of nitrogens with zero attached hydrogens (tertiary/aromatic N) is 5. The van der Waals surface area contributed by atoms with Gasteiger partial charge in [-0.05, 0) is 77.3 Å². The highest BCUT2D eigenvalue weighted by Crippen LogP contribution is 2.34. The number of hydrogen-bond donors (Lipinski definition) is 0. The third-order valence-corrected chi connectivity index (χ3v) is 5.62. The number of tetrazole rings is 1. The van der Waals surface area contributed by atoms with E-state index in [9.17, 15) is 0 Å². The highest BCUT2D eigenvalue weighted by molar-refractivity contribution is 9.10. The van der Waals surface area contributed by atoms with E-state index in [0.29, 0.717) is 6.04 Å². The van der Waals surface area contributed by atoms with Crippen LogP contribution in [-0.2, 0) is 6.54 Å². The molecule has 0 spiro atoms. The summed E-state index contributed by atoms with van der Waals surface area (Å²) in [5.74, 6) is 0.869. The SMILES string of the molecule is Cc1cc(C)cc(C2CCCN2Cc2nnnn2-c2ccccc2Br)c1. The summed E-state index contributed by atoms with van der Waals surface area (Å²) in [5, 5.41) is 12.4. The summed E-state index contributed by atoms with van der Waals surface area (Å²) in [4.78, 5) is 2.49. The van der Waals surface area contributed by atoms with Gasteiger partial charge in [-0.15, -0.1) is 5.10 Å². The molecule has 0 radical (unpaired) electrons. The zero-order valence-corrected chi connectivity index (χ0v) is 16.6. The Balaban J connectivity index is 1.62. The van der Waals surface area contributed by atoms with Crippen LogP contribution in [0.3, 0.4) is 0 Å². The first kappa shape index (κ1) is 17.4. The molecule has 0 saturated carbocycles. The maximum absolute atomic E-state index is 4.30. The molecule has 1 unspecified atom stereocenters. The first-order valence-corrected chi connectivity index (χ1v) is 9.75. The van der Waals surface area contributed by atoms with E-state index in [1.165, 1.54) is 29.5 Å². The van der Waals surface area contributed by atoms with E-state index in [1.54, 1.807) is 0 Å². The summed E-state index contributed by atoms with van der Waals surface area (Å²) in [6.07, 6.45) is 2.38. The summed E-state index contributed by atoms with van der Waals surface area (Å²) in [6, 6.07) is 15.3. The molecule has 0 aliphatic carbocycles. The largest absolute Gasteiger partial charge is 0.289 e. The van der Waals surface area contributed by atoms with Gasteiger partial charge >= 0.3 is 0 Å². The van der Waals surface area contributed by atoms with Crippen molar-refractivity contribution in [1.82, 2.24) is 25.1 Å². The normalized spacial score (nSPS) is 17.7. The molecule has 4 rings (SSSR count). The van der Waals surface area contributed by atoms with Crippen molar-refractivity contribution in [2.45, 2.75) is 39.3 Å². The topological polar surface area (TPSA) is 46.8 Å². The van der Waals surface area contributed by atoms with Crippen molar-refractivity contribution in [3.63, 3.8) is 0 Å². The highest BCUT2D eigenvalue weighted by Gasteiger charge is 2.28. The van der Waals surface area contributed by atoms with Crippen LogP contribution >= 0.6 is 15.9 Å². The molecular weight excluding hydrogens is 390 g/mol. The fraction of sp³-hybridized carbons (Fsp3) is 0.350. The van der Waals surface area contributed by atoms with Gasteiger partial charge in [0.2, 0.25) is 0 Å².